The standard InChI is InChI=1S/C13H11F3N2O2/c1-18-11(13(14,15)16)7-10(17-12(18)19)8-3-5-9(20-2)6-4-8/h3-7H,1-2H3. The van der Waals surface area contributed by atoms with E-state index in [4.69, 9.17) is 4.74 Å². The Balaban J connectivity index is 2.57. The van der Waals surface area contributed by atoms with Gasteiger partial charge < -0.3 is 4.74 Å². The number of alkyl halides is 3. The number of hydrogen-bond acceptors (Lipinski definition) is 3. The third kappa shape index (κ3) is 2.66. The number of halogens is 3. The predicted molar refractivity (Wildman–Crippen MR) is 66.5 cm³/mol. The van der Waals surface area contributed by atoms with Crippen LogP contribution in [0.4, 0.5) is 13.2 Å². The van der Waals surface area contributed by atoms with Gasteiger partial charge in [-0.3, -0.25) is 4.57 Å². The molecule has 4 nitrogen and oxygen atoms in total. The van der Waals surface area contributed by atoms with E-state index in [2.05, 4.69) is 4.98 Å². The van der Waals surface area contributed by atoms with E-state index in [9.17, 15) is 18.0 Å². The van der Waals surface area contributed by atoms with Crippen LogP contribution in [0, 0.1) is 0 Å². The summed E-state index contributed by atoms with van der Waals surface area (Å²) in [6.45, 7) is 0. The summed E-state index contributed by atoms with van der Waals surface area (Å²) in [7, 11) is 2.52. The molecule has 7 heteroatoms. The summed E-state index contributed by atoms with van der Waals surface area (Å²) in [4.78, 5) is 15.2. The van der Waals surface area contributed by atoms with Gasteiger partial charge >= 0.3 is 11.9 Å². The van der Waals surface area contributed by atoms with Crippen molar-refractivity contribution in [3.63, 3.8) is 0 Å². The summed E-state index contributed by atoms with van der Waals surface area (Å²) in [5.41, 5.74) is -1.61. The van der Waals surface area contributed by atoms with E-state index in [1.165, 1.54) is 7.11 Å². The molecule has 0 amide bonds. The maximum Gasteiger partial charge on any atom is 0.431 e. The van der Waals surface area contributed by atoms with Crippen LogP contribution < -0.4 is 10.4 Å². The van der Waals surface area contributed by atoms with Gasteiger partial charge in [-0.05, 0) is 30.3 Å². The van der Waals surface area contributed by atoms with E-state index >= 15 is 0 Å². The highest BCUT2D eigenvalue weighted by Crippen LogP contribution is 2.30. The van der Waals surface area contributed by atoms with Crippen LogP contribution >= 0.6 is 0 Å². The molecule has 1 aromatic carbocycles. The summed E-state index contributed by atoms with van der Waals surface area (Å²) in [6.07, 6.45) is -4.61. The monoisotopic (exact) mass is 284 g/mol. The minimum absolute atomic E-state index is 0.0249. The molecule has 0 bridgehead atoms. The van der Waals surface area contributed by atoms with Crippen LogP contribution in [-0.2, 0) is 13.2 Å². The van der Waals surface area contributed by atoms with Gasteiger partial charge in [0.2, 0.25) is 0 Å². The molecule has 0 N–H and O–H groups in total. The fraction of sp³-hybridized carbons (Fsp3) is 0.231. The van der Waals surface area contributed by atoms with Gasteiger partial charge in [0.15, 0.2) is 0 Å². The topological polar surface area (TPSA) is 44.1 Å². The zero-order valence-electron chi connectivity index (χ0n) is 10.7. The highest BCUT2D eigenvalue weighted by atomic mass is 19.4. The van der Waals surface area contributed by atoms with E-state index in [0.717, 1.165) is 13.1 Å². The first kappa shape index (κ1) is 14.1. The number of methoxy groups -OCH3 is 1. The normalized spacial score (nSPS) is 11.4. The number of benzene rings is 1. The largest absolute Gasteiger partial charge is 0.497 e. The second-order valence-electron chi connectivity index (χ2n) is 4.09. The Kier molecular flexibility index (Phi) is 3.52. The molecule has 106 valence electrons. The van der Waals surface area contributed by atoms with Gasteiger partial charge in [-0.15, -0.1) is 0 Å². The Hall–Kier alpha value is -2.31. The molecule has 0 spiro atoms. The molecule has 0 atom stereocenters. The maximum absolute atomic E-state index is 12.8. The van der Waals surface area contributed by atoms with Gasteiger partial charge in [0.25, 0.3) is 0 Å². The van der Waals surface area contributed by atoms with Crippen LogP contribution in [0.1, 0.15) is 5.69 Å². The van der Waals surface area contributed by atoms with Crippen molar-refractivity contribution in [3.05, 3.63) is 46.5 Å². The maximum atomic E-state index is 12.8. The first-order chi connectivity index (χ1) is 9.32. The lowest BCUT2D eigenvalue weighted by Gasteiger charge is -2.12. The van der Waals surface area contributed by atoms with E-state index in [1.54, 1.807) is 24.3 Å². The molecule has 0 aliphatic rings. The lowest BCUT2D eigenvalue weighted by molar-refractivity contribution is -0.143. The summed E-state index contributed by atoms with van der Waals surface area (Å²) in [5.74, 6) is 0.564. The zero-order valence-corrected chi connectivity index (χ0v) is 10.7. The Morgan fingerprint density at radius 1 is 1.20 bits per heavy atom. The van der Waals surface area contributed by atoms with Crippen molar-refractivity contribution >= 4 is 0 Å². The van der Waals surface area contributed by atoms with Crippen molar-refractivity contribution in [1.82, 2.24) is 9.55 Å². The van der Waals surface area contributed by atoms with Crippen molar-refractivity contribution in [2.45, 2.75) is 6.18 Å². The highest BCUT2D eigenvalue weighted by molar-refractivity contribution is 5.60. The molecule has 1 aromatic heterocycles. The van der Waals surface area contributed by atoms with Gasteiger partial charge in [0.05, 0.1) is 12.8 Å². The minimum Gasteiger partial charge on any atom is -0.497 e. The van der Waals surface area contributed by atoms with Crippen molar-refractivity contribution < 1.29 is 17.9 Å². The number of aromatic nitrogens is 2. The Morgan fingerprint density at radius 3 is 2.30 bits per heavy atom. The van der Waals surface area contributed by atoms with E-state index in [1.807, 2.05) is 0 Å². The lowest BCUT2D eigenvalue weighted by Crippen LogP contribution is -2.28. The molecular weight excluding hydrogens is 273 g/mol. The molecule has 0 saturated carbocycles. The molecule has 0 aliphatic carbocycles. The van der Waals surface area contributed by atoms with E-state index < -0.39 is 17.6 Å². The lowest BCUT2D eigenvalue weighted by atomic mass is 10.1. The molecule has 1 heterocycles. The summed E-state index contributed by atoms with van der Waals surface area (Å²) in [6, 6.07) is 7.11. The third-order valence-electron chi connectivity index (χ3n) is 2.81. The number of hydrogen-bond donors (Lipinski definition) is 0. The molecule has 0 aliphatic heterocycles. The van der Waals surface area contributed by atoms with Gasteiger partial charge in [0.1, 0.15) is 11.4 Å². The quantitative estimate of drug-likeness (QED) is 0.851. The second-order valence-corrected chi connectivity index (χ2v) is 4.09. The Bertz CT molecular complexity index is 675. The second kappa shape index (κ2) is 4.99. The molecule has 0 unspecified atom stereocenters. The van der Waals surface area contributed by atoms with Crippen molar-refractivity contribution in [2.75, 3.05) is 7.11 Å². The Morgan fingerprint density at radius 2 is 1.80 bits per heavy atom. The molecule has 2 aromatic rings. The van der Waals surface area contributed by atoms with Gasteiger partial charge in [-0.2, -0.15) is 18.2 Å². The van der Waals surface area contributed by atoms with Crippen molar-refractivity contribution in [3.8, 4) is 17.0 Å². The van der Waals surface area contributed by atoms with Crippen molar-refractivity contribution in [2.24, 2.45) is 7.05 Å². The first-order valence-electron chi connectivity index (χ1n) is 5.62. The Labute approximate surface area is 112 Å². The first-order valence-corrected chi connectivity index (χ1v) is 5.62. The predicted octanol–water partition coefficient (Wildman–Crippen LogP) is 2.47. The minimum atomic E-state index is -4.61. The fourth-order valence-electron chi connectivity index (χ4n) is 1.72. The average Bonchev–Trinajstić information content (AvgIpc) is 2.40. The number of nitrogens with zero attached hydrogens (tertiary/aromatic N) is 2. The smallest absolute Gasteiger partial charge is 0.431 e. The average molecular weight is 284 g/mol. The molecule has 0 saturated heterocycles. The summed E-state index contributed by atoms with van der Waals surface area (Å²) in [5, 5.41) is 0. The molecule has 0 radical (unpaired) electrons. The van der Waals surface area contributed by atoms with Crippen LogP contribution in [-0.4, -0.2) is 16.7 Å². The van der Waals surface area contributed by atoms with E-state index in [-0.39, 0.29) is 5.69 Å². The molecular formula is C13H11F3N2O2. The number of rotatable bonds is 2. The third-order valence-corrected chi connectivity index (χ3v) is 2.81. The van der Waals surface area contributed by atoms with Crippen LogP contribution in [0.5, 0.6) is 5.75 Å². The van der Waals surface area contributed by atoms with E-state index in [0.29, 0.717) is 15.9 Å². The van der Waals surface area contributed by atoms with Gasteiger partial charge in [-0.25, -0.2) is 4.79 Å². The molecule has 2 rings (SSSR count). The van der Waals surface area contributed by atoms with Gasteiger partial charge in [0, 0.05) is 12.6 Å². The van der Waals surface area contributed by atoms with Crippen LogP contribution in [0.15, 0.2) is 35.1 Å². The SMILES string of the molecule is COc1ccc(-c2cc(C(F)(F)F)n(C)c(=O)n2)cc1. The van der Waals surface area contributed by atoms with Crippen molar-refractivity contribution in [1.29, 1.82) is 0 Å². The van der Waals surface area contributed by atoms with Crippen LogP contribution in [0.2, 0.25) is 0 Å². The van der Waals surface area contributed by atoms with Gasteiger partial charge in [-0.1, -0.05) is 0 Å². The number of ether oxygens (including phenoxy) is 1. The summed E-state index contributed by atoms with van der Waals surface area (Å²) >= 11 is 0. The molecule has 0 fully saturated rings. The fourth-order valence-corrected chi connectivity index (χ4v) is 1.72. The summed E-state index contributed by atoms with van der Waals surface area (Å²) < 4.78 is 43.9. The molecule has 20 heavy (non-hydrogen) atoms. The van der Waals surface area contributed by atoms with Crippen LogP contribution in [0.25, 0.3) is 11.3 Å². The highest BCUT2D eigenvalue weighted by Gasteiger charge is 2.34. The zero-order chi connectivity index (χ0) is 14.9. The van der Waals surface area contributed by atoms with Crippen LogP contribution in [0.3, 0.4) is 0 Å².